The molecule has 8 heteroatoms. The Morgan fingerprint density at radius 3 is 1.45 bits per heavy atom. The maximum atomic E-state index is 9.77. The van der Waals surface area contributed by atoms with Crippen molar-refractivity contribution in [2.45, 2.75) is 32.6 Å². The molecule has 0 aromatic heterocycles. The van der Waals surface area contributed by atoms with E-state index in [4.69, 9.17) is 21.1 Å². The molecule has 0 aliphatic carbocycles. The number of likely N-dealkylation sites (N-methyl/N-ethyl adjacent to an activating group) is 1. The molecule has 0 atom stereocenters. The molecule has 120 valence electrons. The SMILES string of the molecule is CCCC(=O)O.CN(C)CC(=O)O.NCCCC(=O)O. The molecule has 0 bridgehead atoms. The van der Waals surface area contributed by atoms with Gasteiger partial charge in [0.2, 0.25) is 0 Å². The largest absolute Gasteiger partial charge is 0.481 e. The van der Waals surface area contributed by atoms with Crippen LogP contribution in [0.2, 0.25) is 0 Å². The van der Waals surface area contributed by atoms with Crippen LogP contribution >= 0.6 is 0 Å². The molecule has 0 spiro atoms. The molecule has 0 aliphatic heterocycles. The van der Waals surface area contributed by atoms with Crippen LogP contribution in [-0.2, 0) is 14.4 Å². The van der Waals surface area contributed by atoms with E-state index >= 15 is 0 Å². The summed E-state index contributed by atoms with van der Waals surface area (Å²) < 4.78 is 0. The van der Waals surface area contributed by atoms with Crippen LogP contribution in [0.25, 0.3) is 0 Å². The number of nitrogens with zero attached hydrogens (tertiary/aromatic N) is 1. The Bertz CT molecular complexity index is 269. The van der Waals surface area contributed by atoms with Crippen LogP contribution in [0.1, 0.15) is 32.6 Å². The summed E-state index contributed by atoms with van der Waals surface area (Å²) in [5.41, 5.74) is 5.01. The molecule has 0 amide bonds. The second-order valence-corrected chi connectivity index (χ2v) is 4.06. The average molecular weight is 294 g/mol. The minimum Gasteiger partial charge on any atom is -0.481 e. The van der Waals surface area contributed by atoms with Gasteiger partial charge in [-0.1, -0.05) is 6.92 Å². The third-order valence-electron chi connectivity index (χ3n) is 1.51. The molecule has 20 heavy (non-hydrogen) atoms. The van der Waals surface area contributed by atoms with E-state index in [1.807, 2.05) is 6.92 Å². The van der Waals surface area contributed by atoms with Crippen LogP contribution < -0.4 is 5.73 Å². The zero-order valence-corrected chi connectivity index (χ0v) is 12.3. The molecule has 0 heterocycles. The maximum absolute atomic E-state index is 9.77. The molecule has 0 rings (SSSR count). The molecule has 8 nitrogen and oxygen atoms in total. The summed E-state index contributed by atoms with van der Waals surface area (Å²) in [6.45, 7) is 2.42. The third kappa shape index (κ3) is 44.1. The van der Waals surface area contributed by atoms with Gasteiger partial charge >= 0.3 is 17.9 Å². The smallest absolute Gasteiger partial charge is 0.317 e. The summed E-state index contributed by atoms with van der Waals surface area (Å²) >= 11 is 0. The minimum atomic E-state index is -0.787. The fraction of sp³-hybridized carbons (Fsp3) is 0.750. The number of hydrogen-bond acceptors (Lipinski definition) is 5. The van der Waals surface area contributed by atoms with E-state index in [1.54, 1.807) is 19.0 Å². The van der Waals surface area contributed by atoms with Gasteiger partial charge in [0, 0.05) is 12.8 Å². The van der Waals surface area contributed by atoms with Crippen molar-refractivity contribution in [2.75, 3.05) is 27.2 Å². The lowest BCUT2D eigenvalue weighted by Gasteiger charge is -2.01. The lowest BCUT2D eigenvalue weighted by molar-refractivity contribution is -0.138. The van der Waals surface area contributed by atoms with Gasteiger partial charge in [-0.3, -0.25) is 19.3 Å². The van der Waals surface area contributed by atoms with E-state index < -0.39 is 17.9 Å². The highest BCUT2D eigenvalue weighted by atomic mass is 16.4. The van der Waals surface area contributed by atoms with Crippen molar-refractivity contribution in [1.29, 1.82) is 0 Å². The Morgan fingerprint density at radius 1 is 0.950 bits per heavy atom. The molecule has 0 saturated heterocycles. The van der Waals surface area contributed by atoms with Crippen molar-refractivity contribution in [1.82, 2.24) is 4.90 Å². The first-order valence-electron chi connectivity index (χ1n) is 6.17. The summed E-state index contributed by atoms with van der Waals surface area (Å²) in [5, 5.41) is 23.9. The molecule has 5 N–H and O–H groups in total. The van der Waals surface area contributed by atoms with Gasteiger partial charge < -0.3 is 21.1 Å². The van der Waals surface area contributed by atoms with E-state index in [0.29, 0.717) is 19.4 Å². The predicted octanol–water partition coefficient (Wildman–Crippen LogP) is 0.314. The molecule has 0 radical (unpaired) electrons. The van der Waals surface area contributed by atoms with E-state index in [2.05, 4.69) is 0 Å². The Hall–Kier alpha value is -1.67. The summed E-state index contributed by atoms with van der Waals surface area (Å²) in [4.78, 5) is 30.7. The summed E-state index contributed by atoms with van der Waals surface area (Å²) in [6.07, 6.45) is 1.79. The summed E-state index contributed by atoms with van der Waals surface area (Å²) in [6, 6.07) is 0. The van der Waals surface area contributed by atoms with Crippen molar-refractivity contribution in [3.05, 3.63) is 0 Å². The first kappa shape index (κ1) is 23.4. The van der Waals surface area contributed by atoms with Gasteiger partial charge in [-0.05, 0) is 33.5 Å². The number of rotatable bonds is 7. The van der Waals surface area contributed by atoms with E-state index in [0.717, 1.165) is 6.42 Å². The fourth-order valence-corrected chi connectivity index (χ4v) is 0.738. The van der Waals surface area contributed by atoms with Crippen LogP contribution in [0.5, 0.6) is 0 Å². The molecule has 0 aliphatic rings. The van der Waals surface area contributed by atoms with Crippen LogP contribution in [0, 0.1) is 0 Å². The number of carboxylic acid groups (broad SMARTS) is 3. The maximum Gasteiger partial charge on any atom is 0.317 e. The molecule has 0 fully saturated rings. The molecule has 0 aromatic rings. The number of nitrogens with two attached hydrogens (primary N) is 1. The van der Waals surface area contributed by atoms with Crippen molar-refractivity contribution >= 4 is 17.9 Å². The van der Waals surface area contributed by atoms with Crippen molar-refractivity contribution < 1.29 is 29.7 Å². The second-order valence-electron chi connectivity index (χ2n) is 4.06. The Labute approximate surface area is 119 Å². The minimum absolute atomic E-state index is 0.111. The molecular formula is C12H26N2O6. The monoisotopic (exact) mass is 294 g/mol. The van der Waals surface area contributed by atoms with Crippen molar-refractivity contribution in [2.24, 2.45) is 5.73 Å². The molecule has 0 saturated carbocycles. The van der Waals surface area contributed by atoms with Gasteiger partial charge in [0.15, 0.2) is 0 Å². The normalized spacial score (nSPS) is 8.85. The fourth-order valence-electron chi connectivity index (χ4n) is 0.738. The van der Waals surface area contributed by atoms with Crippen LogP contribution in [0.15, 0.2) is 0 Å². The Balaban J connectivity index is -0.000000218. The zero-order chi connectivity index (χ0) is 16.6. The number of carboxylic acids is 3. The first-order chi connectivity index (χ1) is 9.17. The number of aliphatic carboxylic acids is 3. The van der Waals surface area contributed by atoms with Crippen LogP contribution in [0.4, 0.5) is 0 Å². The Morgan fingerprint density at radius 2 is 1.40 bits per heavy atom. The summed E-state index contributed by atoms with van der Waals surface area (Å²) in [7, 11) is 3.43. The van der Waals surface area contributed by atoms with Crippen LogP contribution in [-0.4, -0.2) is 65.3 Å². The lowest BCUT2D eigenvalue weighted by atomic mass is 10.3. The van der Waals surface area contributed by atoms with Gasteiger partial charge in [-0.2, -0.15) is 0 Å². The lowest BCUT2D eigenvalue weighted by Crippen LogP contribution is -2.20. The van der Waals surface area contributed by atoms with Gasteiger partial charge in [0.05, 0.1) is 6.54 Å². The van der Waals surface area contributed by atoms with Gasteiger partial charge in [-0.15, -0.1) is 0 Å². The van der Waals surface area contributed by atoms with Gasteiger partial charge in [-0.25, -0.2) is 0 Å². The van der Waals surface area contributed by atoms with Gasteiger partial charge in [0.25, 0.3) is 0 Å². The first-order valence-corrected chi connectivity index (χ1v) is 6.17. The topological polar surface area (TPSA) is 141 Å². The standard InChI is InChI=1S/2C4H9NO2.C4H8O2/c1-5(2)3-4(6)7;5-3-1-2-4(6)7;1-2-3-4(5)6/h3H2,1-2H3,(H,6,7);1-3,5H2,(H,6,7);2-3H2,1H3,(H,5,6). The van der Waals surface area contributed by atoms with E-state index in [9.17, 15) is 14.4 Å². The highest BCUT2D eigenvalue weighted by Crippen LogP contribution is 1.82. The number of hydrogen-bond donors (Lipinski definition) is 4. The average Bonchev–Trinajstić information content (AvgIpc) is 2.25. The second kappa shape index (κ2) is 17.3. The van der Waals surface area contributed by atoms with Crippen LogP contribution in [0.3, 0.4) is 0 Å². The van der Waals surface area contributed by atoms with Gasteiger partial charge in [0.1, 0.15) is 0 Å². The van der Waals surface area contributed by atoms with E-state index in [1.165, 1.54) is 0 Å². The summed E-state index contributed by atoms with van der Waals surface area (Å²) in [5.74, 6) is -2.27. The zero-order valence-electron chi connectivity index (χ0n) is 12.3. The molecular weight excluding hydrogens is 268 g/mol. The quantitative estimate of drug-likeness (QED) is 0.525. The Kier molecular flexibility index (Phi) is 20.3. The van der Waals surface area contributed by atoms with Crippen molar-refractivity contribution in [3.63, 3.8) is 0 Å². The van der Waals surface area contributed by atoms with Crippen molar-refractivity contribution in [3.8, 4) is 0 Å². The predicted molar refractivity (Wildman–Crippen MR) is 74.7 cm³/mol. The third-order valence-corrected chi connectivity index (χ3v) is 1.51. The molecule has 0 unspecified atom stereocenters. The highest BCUT2D eigenvalue weighted by molar-refractivity contribution is 5.68. The number of carbonyl (C=O) groups is 3. The molecule has 0 aromatic carbocycles. The highest BCUT2D eigenvalue weighted by Gasteiger charge is 1.94. The van der Waals surface area contributed by atoms with E-state index in [-0.39, 0.29) is 13.0 Å².